The maximum atomic E-state index is 14.0. The highest BCUT2D eigenvalue weighted by Gasteiger charge is 2.17. The van der Waals surface area contributed by atoms with Crippen molar-refractivity contribution in [3.63, 3.8) is 0 Å². The molecule has 0 unspecified atom stereocenters. The molecule has 0 amide bonds. The maximum Gasteiger partial charge on any atom is 0.222 e. The van der Waals surface area contributed by atoms with Gasteiger partial charge >= 0.3 is 0 Å². The van der Waals surface area contributed by atoms with Crippen molar-refractivity contribution >= 4 is 22.7 Å². The molecule has 2 aromatic heterocycles. The fourth-order valence-electron chi connectivity index (χ4n) is 3.04. The number of nitrogen functional groups attached to an aromatic ring is 1. The molecule has 1 fully saturated rings. The number of nitrogens with two attached hydrogens (primary N) is 1. The third-order valence-electron chi connectivity index (χ3n) is 4.15. The summed E-state index contributed by atoms with van der Waals surface area (Å²) in [6.45, 7) is 1.94. The Kier molecular flexibility index (Phi) is 3.29. The smallest absolute Gasteiger partial charge is 0.222 e. The summed E-state index contributed by atoms with van der Waals surface area (Å²) in [5.74, 6) is 0.745. The highest BCUT2D eigenvalue weighted by Crippen LogP contribution is 2.30. The Morgan fingerprint density at radius 1 is 1.09 bits per heavy atom. The van der Waals surface area contributed by atoms with Gasteiger partial charge in [-0.2, -0.15) is 4.98 Å². The number of nitrogens with zero attached hydrogens (tertiary/aromatic N) is 4. The molecule has 0 aliphatic carbocycles. The molecule has 0 atom stereocenters. The van der Waals surface area contributed by atoms with E-state index in [0.29, 0.717) is 16.6 Å². The van der Waals surface area contributed by atoms with Crippen LogP contribution in [0.3, 0.4) is 0 Å². The molecule has 0 radical (unpaired) electrons. The molecule has 3 aromatic rings. The molecule has 116 valence electrons. The second-order valence-corrected chi connectivity index (χ2v) is 5.66. The van der Waals surface area contributed by atoms with Crippen molar-refractivity contribution in [2.45, 2.75) is 12.8 Å². The summed E-state index contributed by atoms with van der Waals surface area (Å²) in [6.07, 6.45) is 3.96. The van der Waals surface area contributed by atoms with E-state index in [1.165, 1.54) is 6.07 Å². The van der Waals surface area contributed by atoms with Gasteiger partial charge in [-0.05, 0) is 37.1 Å². The van der Waals surface area contributed by atoms with Crippen LogP contribution in [-0.2, 0) is 0 Å². The van der Waals surface area contributed by atoms with Gasteiger partial charge in [0.15, 0.2) is 0 Å². The van der Waals surface area contributed by atoms with Crippen molar-refractivity contribution in [1.29, 1.82) is 0 Å². The monoisotopic (exact) mass is 309 g/mol. The Balaban J connectivity index is 1.89. The Morgan fingerprint density at radius 2 is 1.91 bits per heavy atom. The molecule has 0 spiro atoms. The average molecular weight is 309 g/mol. The Morgan fingerprint density at radius 3 is 2.74 bits per heavy atom. The summed E-state index contributed by atoms with van der Waals surface area (Å²) in [6, 6.07) is 8.47. The largest absolute Gasteiger partial charge is 0.368 e. The van der Waals surface area contributed by atoms with Crippen molar-refractivity contribution in [2.75, 3.05) is 23.7 Å². The van der Waals surface area contributed by atoms with Crippen LogP contribution in [0.2, 0.25) is 0 Å². The van der Waals surface area contributed by atoms with Crippen LogP contribution in [0.25, 0.3) is 22.2 Å². The van der Waals surface area contributed by atoms with Crippen molar-refractivity contribution in [2.24, 2.45) is 0 Å². The van der Waals surface area contributed by atoms with E-state index in [0.717, 1.165) is 37.3 Å². The molecular formula is C17H16FN5. The number of aromatic nitrogens is 3. The van der Waals surface area contributed by atoms with E-state index in [4.69, 9.17) is 5.73 Å². The number of pyridine rings is 1. The van der Waals surface area contributed by atoms with Crippen molar-refractivity contribution in [3.8, 4) is 11.3 Å². The summed E-state index contributed by atoms with van der Waals surface area (Å²) in [5.41, 5.74) is 7.91. The second kappa shape index (κ2) is 5.46. The van der Waals surface area contributed by atoms with Gasteiger partial charge in [-0.15, -0.1) is 0 Å². The fraction of sp³-hybridized carbons (Fsp3) is 0.235. The van der Waals surface area contributed by atoms with Crippen LogP contribution in [0.1, 0.15) is 12.8 Å². The molecule has 0 bridgehead atoms. The quantitative estimate of drug-likeness (QED) is 0.788. The van der Waals surface area contributed by atoms with Gasteiger partial charge in [0.2, 0.25) is 5.95 Å². The van der Waals surface area contributed by atoms with Crippen LogP contribution in [0.15, 0.2) is 36.5 Å². The number of rotatable bonds is 2. The van der Waals surface area contributed by atoms with Crippen LogP contribution >= 0.6 is 0 Å². The van der Waals surface area contributed by atoms with Gasteiger partial charge in [0.25, 0.3) is 0 Å². The molecule has 1 aliphatic heterocycles. The predicted molar refractivity (Wildman–Crippen MR) is 88.6 cm³/mol. The van der Waals surface area contributed by atoms with E-state index in [-0.39, 0.29) is 11.8 Å². The van der Waals surface area contributed by atoms with Crippen LogP contribution in [0.5, 0.6) is 0 Å². The molecule has 1 aliphatic rings. The molecule has 0 saturated carbocycles. The first-order valence-corrected chi connectivity index (χ1v) is 7.65. The van der Waals surface area contributed by atoms with Crippen molar-refractivity contribution < 1.29 is 4.39 Å². The zero-order chi connectivity index (χ0) is 15.8. The number of halogens is 1. The lowest BCUT2D eigenvalue weighted by molar-refractivity contribution is 0.639. The molecule has 6 heteroatoms. The van der Waals surface area contributed by atoms with Gasteiger partial charge in [0.05, 0.1) is 11.2 Å². The minimum atomic E-state index is -0.293. The molecule has 2 N–H and O–H groups in total. The Hall–Kier alpha value is -2.76. The van der Waals surface area contributed by atoms with Crippen molar-refractivity contribution in [1.82, 2.24) is 15.0 Å². The summed E-state index contributed by atoms with van der Waals surface area (Å²) in [4.78, 5) is 15.2. The van der Waals surface area contributed by atoms with Gasteiger partial charge in [0.1, 0.15) is 11.6 Å². The lowest BCUT2D eigenvalue weighted by Gasteiger charge is -2.17. The SMILES string of the molecule is Nc1nc(-c2ccc(F)c3cccnc23)cc(N2CCCC2)n1. The number of benzene rings is 1. The minimum absolute atomic E-state index is 0.220. The molecular weight excluding hydrogens is 293 g/mol. The van der Waals surface area contributed by atoms with E-state index >= 15 is 0 Å². The van der Waals surface area contributed by atoms with Crippen LogP contribution in [0.4, 0.5) is 16.2 Å². The normalized spacial score (nSPS) is 14.6. The third-order valence-corrected chi connectivity index (χ3v) is 4.15. The first-order valence-electron chi connectivity index (χ1n) is 7.65. The number of hydrogen-bond acceptors (Lipinski definition) is 5. The van der Waals surface area contributed by atoms with Gasteiger partial charge in [-0.3, -0.25) is 4.98 Å². The van der Waals surface area contributed by atoms with Gasteiger partial charge in [-0.1, -0.05) is 0 Å². The van der Waals surface area contributed by atoms with E-state index in [9.17, 15) is 4.39 Å². The second-order valence-electron chi connectivity index (χ2n) is 5.66. The minimum Gasteiger partial charge on any atom is -0.368 e. The lowest BCUT2D eigenvalue weighted by atomic mass is 10.1. The molecule has 4 rings (SSSR count). The Bertz CT molecular complexity index is 874. The highest BCUT2D eigenvalue weighted by atomic mass is 19.1. The molecule has 5 nitrogen and oxygen atoms in total. The molecule has 1 aromatic carbocycles. The van der Waals surface area contributed by atoms with E-state index in [2.05, 4.69) is 19.9 Å². The Labute approximate surface area is 133 Å². The first kappa shape index (κ1) is 13.9. The average Bonchev–Trinajstić information content (AvgIpc) is 3.09. The van der Waals surface area contributed by atoms with E-state index in [1.807, 2.05) is 6.07 Å². The van der Waals surface area contributed by atoms with Crippen LogP contribution in [0, 0.1) is 5.82 Å². The van der Waals surface area contributed by atoms with Crippen LogP contribution in [-0.4, -0.2) is 28.0 Å². The fourth-order valence-corrected chi connectivity index (χ4v) is 3.04. The van der Waals surface area contributed by atoms with Crippen LogP contribution < -0.4 is 10.6 Å². The van der Waals surface area contributed by atoms with Gasteiger partial charge < -0.3 is 10.6 Å². The molecule has 3 heterocycles. The summed E-state index contributed by atoms with van der Waals surface area (Å²) in [7, 11) is 0. The zero-order valence-electron chi connectivity index (χ0n) is 12.5. The van der Waals surface area contributed by atoms with Gasteiger partial charge in [0, 0.05) is 36.3 Å². The zero-order valence-corrected chi connectivity index (χ0v) is 12.5. The lowest BCUT2D eigenvalue weighted by Crippen LogP contribution is -2.19. The molecule has 1 saturated heterocycles. The van der Waals surface area contributed by atoms with E-state index in [1.54, 1.807) is 24.4 Å². The third kappa shape index (κ3) is 2.46. The molecule has 23 heavy (non-hydrogen) atoms. The number of hydrogen-bond donors (Lipinski definition) is 1. The standard InChI is InChI=1S/C17H16FN5/c18-13-6-5-12(16-11(13)4-3-7-20-16)14-10-15(22-17(19)21-14)23-8-1-2-9-23/h3-7,10H,1-2,8-9H2,(H2,19,21,22). The number of fused-ring (bicyclic) bond motifs is 1. The summed E-state index contributed by atoms with van der Waals surface area (Å²) >= 11 is 0. The topological polar surface area (TPSA) is 67.9 Å². The summed E-state index contributed by atoms with van der Waals surface area (Å²) in [5, 5.41) is 0.477. The highest BCUT2D eigenvalue weighted by molar-refractivity contribution is 5.93. The van der Waals surface area contributed by atoms with Gasteiger partial charge in [-0.25, -0.2) is 9.37 Å². The van der Waals surface area contributed by atoms with E-state index < -0.39 is 0 Å². The summed E-state index contributed by atoms with van der Waals surface area (Å²) < 4.78 is 14.0. The van der Waals surface area contributed by atoms with Crippen molar-refractivity contribution in [3.05, 3.63) is 42.3 Å². The maximum absolute atomic E-state index is 14.0. The predicted octanol–water partition coefficient (Wildman–Crippen LogP) is 3.01. The number of anilines is 2. The first-order chi connectivity index (χ1) is 11.2.